The Morgan fingerprint density at radius 3 is 2.08 bits per heavy atom. The number of nitrogens with zero attached hydrogens (tertiary/aromatic N) is 1. The van der Waals surface area contributed by atoms with Crippen molar-refractivity contribution in [2.75, 3.05) is 26.2 Å². The van der Waals surface area contributed by atoms with Crippen LogP contribution in [0.1, 0.15) is 42.7 Å². The number of amides is 1. The maximum atomic E-state index is 12.6. The first kappa shape index (κ1) is 20.0. The lowest BCUT2D eigenvalue weighted by molar-refractivity contribution is -0.138. The summed E-state index contributed by atoms with van der Waals surface area (Å²) in [7, 11) is 0. The summed E-state index contributed by atoms with van der Waals surface area (Å²) in [6.45, 7) is 3.21. The van der Waals surface area contributed by atoms with Gasteiger partial charge in [-0.2, -0.15) is 13.2 Å². The van der Waals surface area contributed by atoms with Crippen molar-refractivity contribution >= 4 is 18.3 Å². The highest BCUT2D eigenvalue weighted by Crippen LogP contribution is 2.33. The summed E-state index contributed by atoms with van der Waals surface area (Å²) in [6, 6.07) is 5.47. The van der Waals surface area contributed by atoms with Crippen LogP contribution in [0.2, 0.25) is 0 Å². The molecule has 0 spiro atoms. The summed E-state index contributed by atoms with van der Waals surface area (Å²) < 4.78 is 37.9. The van der Waals surface area contributed by atoms with Crippen molar-refractivity contribution in [3.05, 3.63) is 35.4 Å². The Balaban J connectivity index is 0.00000225. The molecule has 0 bridgehead atoms. The van der Waals surface area contributed by atoms with Crippen LogP contribution in [0.5, 0.6) is 0 Å². The van der Waals surface area contributed by atoms with Gasteiger partial charge >= 0.3 is 6.18 Å². The fourth-order valence-electron chi connectivity index (χ4n) is 3.70. The lowest BCUT2D eigenvalue weighted by Gasteiger charge is -2.35. The molecule has 2 saturated heterocycles. The minimum Gasteiger partial charge on any atom is -0.342 e. The van der Waals surface area contributed by atoms with Gasteiger partial charge in [0.15, 0.2) is 0 Å². The fourth-order valence-corrected chi connectivity index (χ4v) is 3.70. The molecule has 7 heteroatoms. The third kappa shape index (κ3) is 4.88. The number of benzene rings is 1. The predicted octanol–water partition coefficient (Wildman–Crippen LogP) is 3.83. The maximum absolute atomic E-state index is 12.6. The molecule has 25 heavy (non-hydrogen) atoms. The van der Waals surface area contributed by atoms with E-state index in [1.54, 1.807) is 12.1 Å². The van der Waals surface area contributed by atoms with Crippen LogP contribution in [-0.4, -0.2) is 37.0 Å². The molecule has 3 nitrogen and oxygen atoms in total. The van der Waals surface area contributed by atoms with Gasteiger partial charge < -0.3 is 10.2 Å². The summed E-state index contributed by atoms with van der Waals surface area (Å²) >= 11 is 0. The zero-order valence-electron chi connectivity index (χ0n) is 14.0. The number of piperidine rings is 2. The molecule has 1 N–H and O–H groups in total. The Kier molecular flexibility index (Phi) is 6.74. The van der Waals surface area contributed by atoms with E-state index in [0.717, 1.165) is 56.5 Å². The van der Waals surface area contributed by atoms with Gasteiger partial charge in [0.1, 0.15) is 0 Å². The molecule has 3 rings (SSSR count). The lowest BCUT2D eigenvalue weighted by atomic mass is 9.88. The highest BCUT2D eigenvalue weighted by atomic mass is 35.5. The SMILES string of the molecule is Cl.O=C(C1CCNCC1)N1CCC(c2ccc(C(F)(F)F)cc2)CC1. The quantitative estimate of drug-likeness (QED) is 0.850. The number of hydrogen-bond acceptors (Lipinski definition) is 2. The standard InChI is InChI=1S/C18H23F3N2O.ClH/c19-18(20,21)16-3-1-13(2-4-16)14-7-11-23(12-8-14)17(24)15-5-9-22-10-6-15;/h1-4,14-15,22H,5-12H2;1H. The van der Waals surface area contributed by atoms with Gasteiger partial charge in [-0.15, -0.1) is 12.4 Å². The van der Waals surface area contributed by atoms with E-state index >= 15 is 0 Å². The molecular weight excluding hydrogens is 353 g/mol. The number of rotatable bonds is 2. The van der Waals surface area contributed by atoms with Gasteiger partial charge in [-0.25, -0.2) is 0 Å². The van der Waals surface area contributed by atoms with Crippen molar-refractivity contribution in [1.82, 2.24) is 10.2 Å². The van der Waals surface area contributed by atoms with E-state index in [-0.39, 0.29) is 30.2 Å². The minimum absolute atomic E-state index is 0. The number of likely N-dealkylation sites (tertiary alicyclic amines) is 1. The highest BCUT2D eigenvalue weighted by molar-refractivity contribution is 5.85. The normalized spacial score (nSPS) is 20.2. The van der Waals surface area contributed by atoms with Crippen molar-refractivity contribution in [3.8, 4) is 0 Å². The van der Waals surface area contributed by atoms with E-state index in [9.17, 15) is 18.0 Å². The molecule has 0 atom stereocenters. The Morgan fingerprint density at radius 1 is 1.00 bits per heavy atom. The largest absolute Gasteiger partial charge is 0.416 e. The average molecular weight is 377 g/mol. The van der Waals surface area contributed by atoms with Crippen LogP contribution in [0.3, 0.4) is 0 Å². The molecule has 0 radical (unpaired) electrons. The van der Waals surface area contributed by atoms with Gasteiger partial charge in [-0.3, -0.25) is 4.79 Å². The Labute approximate surface area is 152 Å². The molecule has 2 heterocycles. The maximum Gasteiger partial charge on any atom is 0.416 e. The molecule has 1 amide bonds. The number of carbonyl (C=O) groups excluding carboxylic acids is 1. The highest BCUT2D eigenvalue weighted by Gasteiger charge is 2.32. The first-order valence-electron chi connectivity index (χ1n) is 8.62. The van der Waals surface area contributed by atoms with E-state index < -0.39 is 11.7 Å². The van der Waals surface area contributed by atoms with E-state index in [1.165, 1.54) is 0 Å². The Hall–Kier alpha value is -1.27. The zero-order chi connectivity index (χ0) is 17.2. The van der Waals surface area contributed by atoms with Gasteiger partial charge in [-0.05, 0) is 62.4 Å². The Morgan fingerprint density at radius 2 is 1.56 bits per heavy atom. The van der Waals surface area contributed by atoms with Gasteiger partial charge in [0.05, 0.1) is 5.56 Å². The van der Waals surface area contributed by atoms with E-state index in [4.69, 9.17) is 0 Å². The number of alkyl halides is 3. The van der Waals surface area contributed by atoms with Crippen LogP contribution in [0.15, 0.2) is 24.3 Å². The molecule has 2 aliphatic heterocycles. The second-order valence-electron chi connectivity index (χ2n) is 6.74. The lowest BCUT2D eigenvalue weighted by Crippen LogP contribution is -2.44. The summed E-state index contributed by atoms with van der Waals surface area (Å²) in [5.41, 5.74) is 0.335. The molecule has 0 aliphatic carbocycles. The summed E-state index contributed by atoms with van der Waals surface area (Å²) in [5, 5.41) is 3.27. The van der Waals surface area contributed by atoms with Crippen LogP contribution < -0.4 is 5.32 Å². The third-order valence-electron chi connectivity index (χ3n) is 5.20. The molecule has 1 aromatic carbocycles. The van der Waals surface area contributed by atoms with E-state index in [0.29, 0.717) is 13.1 Å². The second-order valence-corrected chi connectivity index (χ2v) is 6.74. The third-order valence-corrected chi connectivity index (χ3v) is 5.20. The van der Waals surface area contributed by atoms with E-state index in [1.807, 2.05) is 4.90 Å². The molecule has 1 aromatic rings. The average Bonchev–Trinajstić information content (AvgIpc) is 2.61. The summed E-state index contributed by atoms with van der Waals surface area (Å²) in [4.78, 5) is 14.5. The first-order chi connectivity index (χ1) is 11.4. The summed E-state index contributed by atoms with van der Waals surface area (Å²) in [6.07, 6.45) is -0.845. The van der Waals surface area contributed by atoms with Gasteiger partial charge in [0.2, 0.25) is 5.91 Å². The Bertz CT molecular complexity index is 563. The number of halogens is 4. The molecular formula is C18H24ClF3N2O. The van der Waals surface area contributed by atoms with Crippen molar-refractivity contribution in [2.24, 2.45) is 5.92 Å². The fraction of sp³-hybridized carbons (Fsp3) is 0.611. The van der Waals surface area contributed by atoms with Crippen LogP contribution in [-0.2, 0) is 11.0 Å². The smallest absolute Gasteiger partial charge is 0.342 e. The monoisotopic (exact) mass is 376 g/mol. The number of hydrogen-bond donors (Lipinski definition) is 1. The second kappa shape index (κ2) is 8.41. The van der Waals surface area contributed by atoms with Crippen LogP contribution in [0, 0.1) is 5.92 Å². The summed E-state index contributed by atoms with van der Waals surface area (Å²) in [5.74, 6) is 0.626. The molecule has 2 fully saturated rings. The number of carbonyl (C=O) groups is 1. The predicted molar refractivity (Wildman–Crippen MR) is 92.8 cm³/mol. The molecule has 0 saturated carbocycles. The molecule has 2 aliphatic rings. The number of nitrogens with one attached hydrogen (secondary N) is 1. The van der Waals surface area contributed by atoms with Crippen molar-refractivity contribution < 1.29 is 18.0 Å². The topological polar surface area (TPSA) is 32.3 Å². The van der Waals surface area contributed by atoms with Crippen LogP contribution >= 0.6 is 12.4 Å². The molecule has 0 unspecified atom stereocenters. The molecule has 0 aromatic heterocycles. The molecule has 140 valence electrons. The minimum atomic E-state index is -4.29. The van der Waals surface area contributed by atoms with Crippen molar-refractivity contribution in [2.45, 2.75) is 37.8 Å². The van der Waals surface area contributed by atoms with Gasteiger partial charge in [-0.1, -0.05) is 12.1 Å². The van der Waals surface area contributed by atoms with Crippen LogP contribution in [0.25, 0.3) is 0 Å². The first-order valence-corrected chi connectivity index (χ1v) is 8.62. The van der Waals surface area contributed by atoms with Crippen LogP contribution in [0.4, 0.5) is 13.2 Å². The van der Waals surface area contributed by atoms with E-state index in [2.05, 4.69) is 5.32 Å². The van der Waals surface area contributed by atoms with Gasteiger partial charge in [0, 0.05) is 19.0 Å². The van der Waals surface area contributed by atoms with Crippen molar-refractivity contribution in [3.63, 3.8) is 0 Å². The zero-order valence-corrected chi connectivity index (χ0v) is 14.8. The van der Waals surface area contributed by atoms with Crippen molar-refractivity contribution in [1.29, 1.82) is 0 Å². The van der Waals surface area contributed by atoms with Gasteiger partial charge in [0.25, 0.3) is 0 Å².